The summed E-state index contributed by atoms with van der Waals surface area (Å²) in [5.41, 5.74) is 9.55. The van der Waals surface area contributed by atoms with Crippen LogP contribution in [-0.2, 0) is 11.2 Å². The predicted octanol–water partition coefficient (Wildman–Crippen LogP) is 2.25. The summed E-state index contributed by atoms with van der Waals surface area (Å²) >= 11 is 0. The molecule has 1 aromatic carbocycles. The van der Waals surface area contributed by atoms with Crippen LogP contribution in [0.3, 0.4) is 0 Å². The number of pyridine rings is 2. The minimum atomic E-state index is -0.749. The van der Waals surface area contributed by atoms with Gasteiger partial charge in [0.05, 0.1) is 6.04 Å². The number of aromatic nitrogens is 2. The standard InChI is InChI=1S/C20H20N4O2/c1-13-3-2-4-14(9-13)10-17(21)19(25)24-18-11-16(12-23-20(18)26)15-5-7-22-8-6-15/h2-9,11-12,17H,10,21H2,1H3,(H,23,26)(H,24,25). The number of carbonyl (C=O) groups is 1. The third kappa shape index (κ3) is 4.23. The lowest BCUT2D eigenvalue weighted by atomic mass is 10.0. The first-order valence-electron chi connectivity index (χ1n) is 8.28. The van der Waals surface area contributed by atoms with Gasteiger partial charge < -0.3 is 16.0 Å². The van der Waals surface area contributed by atoms with Gasteiger partial charge in [0, 0.05) is 24.2 Å². The van der Waals surface area contributed by atoms with Gasteiger partial charge in [0.15, 0.2) is 0 Å². The van der Waals surface area contributed by atoms with Crippen LogP contribution in [0.1, 0.15) is 11.1 Å². The molecule has 3 aromatic rings. The molecule has 1 atom stereocenters. The highest BCUT2D eigenvalue weighted by atomic mass is 16.2. The highest BCUT2D eigenvalue weighted by molar-refractivity contribution is 5.95. The van der Waals surface area contributed by atoms with Gasteiger partial charge >= 0.3 is 0 Å². The quantitative estimate of drug-likeness (QED) is 0.658. The fourth-order valence-corrected chi connectivity index (χ4v) is 2.70. The summed E-state index contributed by atoms with van der Waals surface area (Å²) in [5, 5.41) is 2.63. The van der Waals surface area contributed by atoms with Crippen LogP contribution in [0.15, 0.2) is 65.8 Å². The van der Waals surface area contributed by atoms with E-state index in [-0.39, 0.29) is 11.2 Å². The molecule has 0 bridgehead atoms. The third-order valence-electron chi connectivity index (χ3n) is 4.05. The topological polar surface area (TPSA) is 101 Å². The molecule has 2 aromatic heterocycles. The second-order valence-electron chi connectivity index (χ2n) is 6.16. The smallest absolute Gasteiger partial charge is 0.271 e. The Hall–Kier alpha value is -3.25. The zero-order valence-corrected chi connectivity index (χ0v) is 14.4. The van der Waals surface area contributed by atoms with Crippen LogP contribution in [0, 0.1) is 6.92 Å². The fraction of sp³-hybridized carbons (Fsp3) is 0.150. The van der Waals surface area contributed by atoms with Gasteiger partial charge in [-0.15, -0.1) is 0 Å². The molecule has 2 heterocycles. The molecule has 132 valence electrons. The van der Waals surface area contributed by atoms with Gasteiger partial charge in [-0.05, 0) is 42.7 Å². The summed E-state index contributed by atoms with van der Waals surface area (Å²) in [6.45, 7) is 1.99. The first-order valence-corrected chi connectivity index (χ1v) is 8.28. The zero-order chi connectivity index (χ0) is 18.5. The molecule has 4 N–H and O–H groups in total. The number of nitrogens with zero attached hydrogens (tertiary/aromatic N) is 1. The lowest BCUT2D eigenvalue weighted by molar-refractivity contribution is -0.117. The molecular weight excluding hydrogens is 328 g/mol. The average Bonchev–Trinajstić information content (AvgIpc) is 2.64. The number of carbonyl (C=O) groups excluding carboxylic acids is 1. The van der Waals surface area contributed by atoms with Crippen molar-refractivity contribution in [2.75, 3.05) is 5.32 Å². The molecule has 0 radical (unpaired) electrons. The number of amides is 1. The number of benzene rings is 1. The Bertz CT molecular complexity index is 967. The highest BCUT2D eigenvalue weighted by Gasteiger charge is 2.16. The van der Waals surface area contributed by atoms with Crippen molar-refractivity contribution in [1.82, 2.24) is 9.97 Å². The minimum Gasteiger partial charge on any atom is -0.327 e. The maximum Gasteiger partial charge on any atom is 0.271 e. The molecule has 1 unspecified atom stereocenters. The number of aromatic amines is 1. The van der Waals surface area contributed by atoms with Crippen molar-refractivity contribution in [2.24, 2.45) is 5.73 Å². The van der Waals surface area contributed by atoms with Crippen molar-refractivity contribution in [3.05, 3.63) is 82.5 Å². The number of nitrogens with two attached hydrogens (primary N) is 1. The summed E-state index contributed by atoms with van der Waals surface area (Å²) in [5.74, 6) is -0.399. The monoisotopic (exact) mass is 348 g/mol. The van der Waals surface area contributed by atoms with Crippen LogP contribution in [0.4, 0.5) is 5.69 Å². The second kappa shape index (κ2) is 7.76. The summed E-state index contributed by atoms with van der Waals surface area (Å²) in [6.07, 6.45) is 5.32. The van der Waals surface area contributed by atoms with Crippen LogP contribution in [0.25, 0.3) is 11.1 Å². The Morgan fingerprint density at radius 3 is 2.69 bits per heavy atom. The summed E-state index contributed by atoms with van der Waals surface area (Å²) in [7, 11) is 0. The number of rotatable bonds is 5. The molecule has 6 heteroatoms. The van der Waals surface area contributed by atoms with E-state index in [1.54, 1.807) is 24.7 Å². The first kappa shape index (κ1) is 17.6. The number of hydrogen-bond acceptors (Lipinski definition) is 4. The minimum absolute atomic E-state index is 0.170. The maximum atomic E-state index is 12.4. The fourth-order valence-electron chi connectivity index (χ4n) is 2.70. The first-order chi connectivity index (χ1) is 12.5. The van der Waals surface area contributed by atoms with Crippen LogP contribution in [0.5, 0.6) is 0 Å². The number of anilines is 1. The average molecular weight is 348 g/mol. The molecule has 0 fully saturated rings. The van der Waals surface area contributed by atoms with Crippen LogP contribution < -0.4 is 16.6 Å². The molecule has 0 saturated heterocycles. The number of nitrogens with one attached hydrogen (secondary N) is 2. The van der Waals surface area contributed by atoms with E-state index in [0.29, 0.717) is 6.42 Å². The molecular formula is C20H20N4O2. The van der Waals surface area contributed by atoms with Crippen molar-refractivity contribution >= 4 is 11.6 Å². The van der Waals surface area contributed by atoms with Gasteiger partial charge in [0.25, 0.3) is 5.56 Å². The summed E-state index contributed by atoms with van der Waals surface area (Å²) < 4.78 is 0. The number of aryl methyl sites for hydroxylation is 1. The molecule has 6 nitrogen and oxygen atoms in total. The van der Waals surface area contributed by atoms with Gasteiger partial charge in [-0.3, -0.25) is 14.6 Å². The van der Waals surface area contributed by atoms with E-state index in [9.17, 15) is 9.59 Å². The molecule has 3 rings (SSSR count). The van der Waals surface area contributed by atoms with Gasteiger partial charge in [-0.1, -0.05) is 29.8 Å². The van der Waals surface area contributed by atoms with Crippen LogP contribution >= 0.6 is 0 Å². The highest BCUT2D eigenvalue weighted by Crippen LogP contribution is 2.18. The van der Waals surface area contributed by atoms with Gasteiger partial charge in [0.2, 0.25) is 5.91 Å². The van der Waals surface area contributed by atoms with E-state index in [1.807, 2.05) is 43.3 Å². The Balaban J connectivity index is 1.75. The number of hydrogen-bond donors (Lipinski definition) is 3. The van der Waals surface area contributed by atoms with Crippen LogP contribution in [0.2, 0.25) is 0 Å². The molecule has 0 spiro atoms. The Morgan fingerprint density at radius 2 is 1.96 bits per heavy atom. The van der Waals surface area contributed by atoms with E-state index in [2.05, 4.69) is 15.3 Å². The molecule has 0 aliphatic carbocycles. The van der Waals surface area contributed by atoms with Gasteiger partial charge in [-0.25, -0.2) is 0 Å². The van der Waals surface area contributed by atoms with Crippen molar-refractivity contribution in [1.29, 1.82) is 0 Å². The molecule has 1 amide bonds. The lowest BCUT2D eigenvalue weighted by Gasteiger charge is -2.13. The van der Waals surface area contributed by atoms with E-state index in [0.717, 1.165) is 22.3 Å². The molecule has 0 aliphatic heterocycles. The van der Waals surface area contributed by atoms with Gasteiger partial charge in [0.1, 0.15) is 5.69 Å². The molecule has 26 heavy (non-hydrogen) atoms. The Kier molecular flexibility index (Phi) is 5.24. The van der Waals surface area contributed by atoms with E-state index >= 15 is 0 Å². The largest absolute Gasteiger partial charge is 0.327 e. The Labute approximate surface area is 151 Å². The predicted molar refractivity (Wildman–Crippen MR) is 102 cm³/mol. The summed E-state index contributed by atoms with van der Waals surface area (Å²) in [6, 6.07) is 12.4. The Morgan fingerprint density at radius 1 is 1.19 bits per heavy atom. The molecule has 0 aliphatic rings. The van der Waals surface area contributed by atoms with Crippen molar-refractivity contribution in [2.45, 2.75) is 19.4 Å². The van der Waals surface area contributed by atoms with Crippen LogP contribution in [-0.4, -0.2) is 21.9 Å². The normalized spacial score (nSPS) is 11.8. The lowest BCUT2D eigenvalue weighted by Crippen LogP contribution is -2.38. The van der Waals surface area contributed by atoms with E-state index in [4.69, 9.17) is 5.73 Å². The SMILES string of the molecule is Cc1cccc(CC(N)C(=O)Nc2cc(-c3ccncc3)c[nH]c2=O)c1. The van der Waals surface area contributed by atoms with Gasteiger partial charge in [-0.2, -0.15) is 0 Å². The summed E-state index contributed by atoms with van der Waals surface area (Å²) in [4.78, 5) is 31.1. The molecule has 0 saturated carbocycles. The van der Waals surface area contributed by atoms with E-state index < -0.39 is 11.9 Å². The second-order valence-corrected chi connectivity index (χ2v) is 6.16. The van der Waals surface area contributed by atoms with Crippen molar-refractivity contribution in [3.63, 3.8) is 0 Å². The van der Waals surface area contributed by atoms with Crippen molar-refractivity contribution in [3.8, 4) is 11.1 Å². The van der Waals surface area contributed by atoms with E-state index in [1.165, 1.54) is 0 Å². The maximum absolute atomic E-state index is 12.4. The number of H-pyrrole nitrogens is 1. The third-order valence-corrected chi connectivity index (χ3v) is 4.05. The zero-order valence-electron chi connectivity index (χ0n) is 14.4. The van der Waals surface area contributed by atoms with Crippen molar-refractivity contribution < 1.29 is 4.79 Å².